The standard InChI is InChI=1S/C43H42N4O.Pt/c1-8-30-22-38(27(3)4)43(42(28(5)6)35(30)9-2)31-25-45-46(26-31)32-13-12-14-33(23-32)48-34-17-18-37-36-15-10-11-16-39(36)47(40(37)24-34)41-21-29(7)19-20-44-41;/h10-22,25-28H,8-9H2,1-7H3;/q-2;+2. The summed E-state index contributed by atoms with van der Waals surface area (Å²) in [4.78, 5) is 4.70. The van der Waals surface area contributed by atoms with Crippen LogP contribution < -0.4 is 4.74 Å². The van der Waals surface area contributed by atoms with Crippen LogP contribution in [0.25, 0.3) is 44.4 Å². The van der Waals surface area contributed by atoms with Crippen LogP contribution in [0.3, 0.4) is 0 Å². The second kappa shape index (κ2) is 14.2. The zero-order valence-corrected chi connectivity index (χ0v) is 31.5. The van der Waals surface area contributed by atoms with E-state index in [1.165, 1.54) is 27.8 Å². The van der Waals surface area contributed by atoms with Crippen molar-refractivity contribution in [1.82, 2.24) is 19.3 Å². The van der Waals surface area contributed by atoms with Crippen LogP contribution in [0.2, 0.25) is 0 Å². The molecule has 0 atom stereocenters. The summed E-state index contributed by atoms with van der Waals surface area (Å²) in [6.07, 6.45) is 8.05. The van der Waals surface area contributed by atoms with Crippen molar-refractivity contribution < 1.29 is 25.8 Å². The Bertz CT molecular complexity index is 2280. The van der Waals surface area contributed by atoms with Crippen molar-refractivity contribution in [2.75, 3.05) is 0 Å². The van der Waals surface area contributed by atoms with E-state index in [0.29, 0.717) is 23.3 Å². The van der Waals surface area contributed by atoms with Crippen molar-refractivity contribution in [2.45, 2.75) is 73.1 Å². The van der Waals surface area contributed by atoms with Gasteiger partial charge < -0.3 is 9.30 Å². The number of hydrogen-bond acceptors (Lipinski definition) is 3. The van der Waals surface area contributed by atoms with E-state index in [4.69, 9.17) is 14.8 Å². The Kier molecular flexibility index (Phi) is 9.95. The number of pyridine rings is 1. The molecule has 0 aliphatic rings. The van der Waals surface area contributed by atoms with Crippen molar-refractivity contribution in [3.05, 3.63) is 131 Å². The Morgan fingerprint density at radius 3 is 2.35 bits per heavy atom. The quantitative estimate of drug-likeness (QED) is 0.136. The summed E-state index contributed by atoms with van der Waals surface area (Å²) >= 11 is 0. The Labute approximate surface area is 304 Å². The minimum atomic E-state index is 0. The van der Waals surface area contributed by atoms with Gasteiger partial charge in [-0.15, -0.1) is 35.7 Å². The van der Waals surface area contributed by atoms with Gasteiger partial charge in [-0.25, -0.2) is 4.98 Å². The van der Waals surface area contributed by atoms with Gasteiger partial charge in [0, 0.05) is 35.0 Å². The Balaban J connectivity index is 0.00000417. The number of para-hydroxylation sites is 1. The number of ether oxygens (including phenoxy) is 1. The maximum Gasteiger partial charge on any atom is 2.00 e. The van der Waals surface area contributed by atoms with Crippen molar-refractivity contribution in [2.24, 2.45) is 0 Å². The summed E-state index contributed by atoms with van der Waals surface area (Å²) in [6.45, 7) is 15.8. The molecule has 0 radical (unpaired) electrons. The van der Waals surface area contributed by atoms with Crippen LogP contribution in [0.5, 0.6) is 11.5 Å². The van der Waals surface area contributed by atoms with E-state index in [1.807, 2.05) is 47.4 Å². The van der Waals surface area contributed by atoms with Crippen LogP contribution >= 0.6 is 0 Å². The van der Waals surface area contributed by atoms with Crippen LogP contribution in [-0.4, -0.2) is 19.3 Å². The molecule has 3 aromatic heterocycles. The van der Waals surface area contributed by atoms with Gasteiger partial charge in [0.25, 0.3) is 0 Å². The molecule has 3 heterocycles. The molecule has 6 heteroatoms. The molecule has 0 aliphatic heterocycles. The van der Waals surface area contributed by atoms with E-state index in [9.17, 15) is 0 Å². The van der Waals surface area contributed by atoms with Gasteiger partial charge in [-0.1, -0.05) is 71.3 Å². The second-order valence-corrected chi connectivity index (χ2v) is 13.2. The minimum Gasteiger partial charge on any atom is -0.509 e. The molecular weight excluding hydrogens is 784 g/mol. The van der Waals surface area contributed by atoms with Crippen LogP contribution in [0.15, 0.2) is 91.4 Å². The number of rotatable bonds is 9. The first kappa shape index (κ1) is 34.4. The molecule has 5 nitrogen and oxygen atoms in total. The van der Waals surface area contributed by atoms with E-state index in [2.05, 4.69) is 114 Å². The molecule has 0 saturated heterocycles. The minimum absolute atomic E-state index is 0. The molecule has 0 N–H and O–H groups in total. The average Bonchev–Trinajstić information content (AvgIpc) is 3.70. The second-order valence-electron chi connectivity index (χ2n) is 13.2. The van der Waals surface area contributed by atoms with E-state index in [-0.39, 0.29) is 21.1 Å². The molecule has 49 heavy (non-hydrogen) atoms. The van der Waals surface area contributed by atoms with Gasteiger partial charge in [-0.3, -0.25) is 4.68 Å². The summed E-state index contributed by atoms with van der Waals surface area (Å²) < 4.78 is 10.5. The fraction of sp³-hybridized carbons (Fsp3) is 0.256. The molecule has 250 valence electrons. The van der Waals surface area contributed by atoms with Gasteiger partial charge in [0.05, 0.1) is 6.20 Å². The van der Waals surface area contributed by atoms with Crippen molar-refractivity contribution in [3.63, 3.8) is 0 Å². The predicted molar refractivity (Wildman–Crippen MR) is 197 cm³/mol. The van der Waals surface area contributed by atoms with Crippen LogP contribution in [0, 0.1) is 19.1 Å². The fourth-order valence-corrected chi connectivity index (χ4v) is 7.12. The molecule has 0 saturated carbocycles. The summed E-state index contributed by atoms with van der Waals surface area (Å²) in [5, 5.41) is 7.09. The molecule has 0 fully saturated rings. The van der Waals surface area contributed by atoms with E-state index in [0.717, 1.165) is 57.3 Å². The smallest absolute Gasteiger partial charge is 0.509 e. The molecule has 0 bridgehead atoms. The first-order valence-corrected chi connectivity index (χ1v) is 17.1. The average molecular weight is 826 g/mol. The van der Waals surface area contributed by atoms with Gasteiger partial charge in [0.1, 0.15) is 5.82 Å². The summed E-state index contributed by atoms with van der Waals surface area (Å²) in [5.74, 6) is 2.87. The van der Waals surface area contributed by atoms with Gasteiger partial charge >= 0.3 is 21.1 Å². The topological polar surface area (TPSA) is 44.9 Å². The summed E-state index contributed by atoms with van der Waals surface area (Å²) in [7, 11) is 0. The van der Waals surface area contributed by atoms with E-state index < -0.39 is 0 Å². The molecular formula is C43H42N4OPt. The number of benzene rings is 4. The van der Waals surface area contributed by atoms with E-state index >= 15 is 0 Å². The third-order valence-corrected chi connectivity index (χ3v) is 9.31. The third-order valence-electron chi connectivity index (χ3n) is 9.31. The molecule has 0 amide bonds. The predicted octanol–water partition coefficient (Wildman–Crippen LogP) is 11.1. The zero-order valence-electron chi connectivity index (χ0n) is 29.2. The maximum absolute atomic E-state index is 6.42. The van der Waals surface area contributed by atoms with Crippen molar-refractivity contribution in [1.29, 1.82) is 0 Å². The first-order chi connectivity index (χ1) is 23.3. The monoisotopic (exact) mass is 825 g/mol. The van der Waals surface area contributed by atoms with Gasteiger partial charge in [-0.05, 0) is 94.3 Å². The number of aromatic nitrogens is 4. The number of aryl methyl sites for hydroxylation is 2. The number of hydrogen-bond donors (Lipinski definition) is 0. The summed E-state index contributed by atoms with van der Waals surface area (Å²) in [5.41, 5.74) is 12.2. The number of fused-ring (bicyclic) bond motifs is 3. The largest absolute Gasteiger partial charge is 2.00 e. The molecule has 7 rings (SSSR count). The molecule has 0 unspecified atom stereocenters. The Morgan fingerprint density at radius 1 is 0.816 bits per heavy atom. The van der Waals surface area contributed by atoms with Crippen molar-refractivity contribution >= 4 is 21.8 Å². The molecule has 7 aromatic rings. The Hall–Kier alpha value is -4.47. The van der Waals surface area contributed by atoms with E-state index in [1.54, 1.807) is 0 Å². The van der Waals surface area contributed by atoms with Gasteiger partial charge in [0.2, 0.25) is 0 Å². The normalized spacial score (nSPS) is 11.5. The third kappa shape index (κ3) is 6.37. The number of nitrogens with zero attached hydrogens (tertiary/aromatic N) is 4. The SMILES string of the molecule is CCc1cc(C(C)C)c(-c2cnn(-c3[c-]c(Oc4[c-]c5c(cc4)c4ccccc4n5-c4cc(C)ccn4)ccc3)c2)c(C(C)C)c1CC.[Pt+2]. The molecule has 0 spiro atoms. The molecule has 0 aliphatic carbocycles. The van der Waals surface area contributed by atoms with Gasteiger partial charge in [0.15, 0.2) is 0 Å². The van der Waals surface area contributed by atoms with Crippen LogP contribution in [0.4, 0.5) is 0 Å². The summed E-state index contributed by atoms with van der Waals surface area (Å²) in [6, 6.07) is 31.9. The van der Waals surface area contributed by atoms with Crippen LogP contribution in [0.1, 0.15) is 81.2 Å². The van der Waals surface area contributed by atoms with Crippen LogP contribution in [-0.2, 0) is 33.9 Å². The van der Waals surface area contributed by atoms with Crippen molar-refractivity contribution in [3.8, 4) is 34.1 Å². The molecule has 4 aromatic carbocycles. The first-order valence-electron chi connectivity index (χ1n) is 17.1. The Morgan fingerprint density at radius 2 is 1.61 bits per heavy atom. The maximum atomic E-state index is 6.42. The zero-order chi connectivity index (χ0) is 33.5. The van der Waals surface area contributed by atoms with Gasteiger partial charge in [-0.2, -0.15) is 17.2 Å². The fourth-order valence-electron chi connectivity index (χ4n) is 7.12.